The fourth-order valence-corrected chi connectivity index (χ4v) is 3.53. The van der Waals surface area contributed by atoms with Gasteiger partial charge in [0.1, 0.15) is 0 Å². The van der Waals surface area contributed by atoms with Crippen molar-refractivity contribution >= 4 is 27.1 Å². The zero-order valence-corrected chi connectivity index (χ0v) is 11.0. The van der Waals surface area contributed by atoms with Gasteiger partial charge in [-0.25, -0.2) is 8.42 Å². The van der Waals surface area contributed by atoms with Crippen molar-refractivity contribution in [3.63, 3.8) is 0 Å². The highest BCUT2D eigenvalue weighted by molar-refractivity contribution is 7.91. The number of anilines is 1. The van der Waals surface area contributed by atoms with Gasteiger partial charge in [0.25, 0.3) is 0 Å². The van der Waals surface area contributed by atoms with E-state index in [1.54, 1.807) is 6.07 Å². The number of rotatable bonds is 2. The third kappa shape index (κ3) is 2.73. The number of sulfone groups is 1. The Labute approximate surface area is 106 Å². The first kappa shape index (κ1) is 12.7. The molecule has 2 rings (SSSR count). The third-order valence-corrected chi connectivity index (χ3v) is 4.87. The van der Waals surface area contributed by atoms with E-state index in [9.17, 15) is 8.42 Å². The molecule has 1 fully saturated rings. The standard InChI is InChI=1S/C11H15ClN2O2S/c12-10-3-1-2-9(8-13)11(10)14-4-6-17(15,16)7-5-14/h1-3H,4-8,13H2. The Hall–Kier alpha value is -0.780. The fraction of sp³-hybridized carbons (Fsp3) is 0.455. The van der Waals surface area contributed by atoms with E-state index >= 15 is 0 Å². The lowest BCUT2D eigenvalue weighted by atomic mass is 10.1. The van der Waals surface area contributed by atoms with Crippen molar-refractivity contribution in [1.82, 2.24) is 0 Å². The van der Waals surface area contributed by atoms with Gasteiger partial charge < -0.3 is 10.6 Å². The molecule has 1 aliphatic rings. The van der Waals surface area contributed by atoms with Crippen LogP contribution < -0.4 is 10.6 Å². The lowest BCUT2D eigenvalue weighted by molar-refractivity contribution is 0.586. The van der Waals surface area contributed by atoms with Gasteiger partial charge >= 0.3 is 0 Å². The number of nitrogens with zero attached hydrogens (tertiary/aromatic N) is 1. The smallest absolute Gasteiger partial charge is 0.153 e. The van der Waals surface area contributed by atoms with Gasteiger partial charge in [0.15, 0.2) is 9.84 Å². The molecule has 0 unspecified atom stereocenters. The Kier molecular flexibility index (Phi) is 3.61. The molecule has 2 N–H and O–H groups in total. The van der Waals surface area contributed by atoms with Crippen molar-refractivity contribution in [3.8, 4) is 0 Å². The maximum atomic E-state index is 11.4. The van der Waals surface area contributed by atoms with Gasteiger partial charge in [-0.15, -0.1) is 0 Å². The Morgan fingerprint density at radius 3 is 2.53 bits per heavy atom. The average Bonchev–Trinajstić information content (AvgIpc) is 2.29. The molecular weight excluding hydrogens is 260 g/mol. The Balaban J connectivity index is 2.29. The predicted molar refractivity (Wildman–Crippen MR) is 70.2 cm³/mol. The molecule has 1 aliphatic heterocycles. The molecule has 6 heteroatoms. The van der Waals surface area contributed by atoms with E-state index in [4.69, 9.17) is 17.3 Å². The van der Waals surface area contributed by atoms with Crippen molar-refractivity contribution in [3.05, 3.63) is 28.8 Å². The molecule has 0 saturated carbocycles. The summed E-state index contributed by atoms with van der Waals surface area (Å²) in [5.41, 5.74) is 7.51. The molecule has 1 aromatic carbocycles. The fourth-order valence-electron chi connectivity index (χ4n) is 2.01. The molecule has 94 valence electrons. The summed E-state index contributed by atoms with van der Waals surface area (Å²) in [6, 6.07) is 5.58. The molecule has 1 aromatic rings. The first-order chi connectivity index (χ1) is 8.03. The predicted octanol–water partition coefficient (Wildman–Crippen LogP) is 1.03. The normalized spacial score (nSPS) is 19.3. The molecule has 17 heavy (non-hydrogen) atoms. The second kappa shape index (κ2) is 4.84. The minimum atomic E-state index is -2.87. The van der Waals surface area contributed by atoms with Crippen LogP contribution in [0, 0.1) is 0 Å². The summed E-state index contributed by atoms with van der Waals surface area (Å²) in [6.45, 7) is 1.37. The monoisotopic (exact) mass is 274 g/mol. The maximum Gasteiger partial charge on any atom is 0.153 e. The van der Waals surface area contributed by atoms with E-state index in [1.165, 1.54) is 0 Å². The molecular formula is C11H15ClN2O2S. The topological polar surface area (TPSA) is 63.4 Å². The number of nitrogens with two attached hydrogens (primary N) is 1. The van der Waals surface area contributed by atoms with Crippen LogP contribution in [0.5, 0.6) is 0 Å². The minimum absolute atomic E-state index is 0.183. The molecule has 0 spiro atoms. The third-order valence-electron chi connectivity index (χ3n) is 2.95. The van der Waals surface area contributed by atoms with E-state index < -0.39 is 9.84 Å². The van der Waals surface area contributed by atoms with E-state index in [1.807, 2.05) is 17.0 Å². The Bertz CT molecular complexity index is 502. The first-order valence-electron chi connectivity index (χ1n) is 5.46. The quantitative estimate of drug-likeness (QED) is 0.875. The van der Waals surface area contributed by atoms with Crippen LogP contribution in [0.2, 0.25) is 5.02 Å². The first-order valence-corrected chi connectivity index (χ1v) is 7.66. The van der Waals surface area contributed by atoms with E-state index in [0.29, 0.717) is 24.7 Å². The van der Waals surface area contributed by atoms with E-state index in [2.05, 4.69) is 0 Å². The van der Waals surface area contributed by atoms with Gasteiger partial charge in [-0.2, -0.15) is 0 Å². The zero-order valence-electron chi connectivity index (χ0n) is 9.39. The van der Waals surface area contributed by atoms with Crippen LogP contribution in [0.25, 0.3) is 0 Å². The van der Waals surface area contributed by atoms with Gasteiger partial charge in [-0.05, 0) is 11.6 Å². The van der Waals surface area contributed by atoms with Gasteiger partial charge in [0.2, 0.25) is 0 Å². The Morgan fingerprint density at radius 1 is 1.29 bits per heavy atom. The molecule has 0 amide bonds. The molecule has 4 nitrogen and oxygen atoms in total. The summed E-state index contributed by atoms with van der Waals surface area (Å²) in [7, 11) is -2.87. The highest BCUT2D eigenvalue weighted by Gasteiger charge is 2.24. The second-order valence-electron chi connectivity index (χ2n) is 4.09. The maximum absolute atomic E-state index is 11.4. The van der Waals surface area contributed by atoms with Crippen molar-refractivity contribution in [2.24, 2.45) is 5.73 Å². The summed E-state index contributed by atoms with van der Waals surface area (Å²) in [4.78, 5) is 2.01. The van der Waals surface area contributed by atoms with Gasteiger partial charge in [-0.1, -0.05) is 23.7 Å². The highest BCUT2D eigenvalue weighted by atomic mass is 35.5. The number of benzene rings is 1. The summed E-state index contributed by atoms with van der Waals surface area (Å²) >= 11 is 6.17. The van der Waals surface area contributed by atoms with E-state index in [-0.39, 0.29) is 11.5 Å². The molecule has 0 bridgehead atoms. The SMILES string of the molecule is NCc1cccc(Cl)c1N1CCS(=O)(=O)CC1. The van der Waals surface area contributed by atoms with Crippen LogP contribution in [0.1, 0.15) is 5.56 Å². The molecule has 1 saturated heterocycles. The highest BCUT2D eigenvalue weighted by Crippen LogP contribution is 2.30. The molecule has 0 aromatic heterocycles. The summed E-state index contributed by atoms with van der Waals surface area (Å²) in [5.74, 6) is 0.366. The van der Waals surface area contributed by atoms with Gasteiger partial charge in [0, 0.05) is 19.6 Å². The van der Waals surface area contributed by atoms with E-state index in [0.717, 1.165) is 11.3 Å². The van der Waals surface area contributed by atoms with Crippen LogP contribution >= 0.6 is 11.6 Å². The van der Waals surface area contributed by atoms with Crippen LogP contribution in [0.15, 0.2) is 18.2 Å². The number of halogens is 1. The second-order valence-corrected chi connectivity index (χ2v) is 6.80. The molecule has 0 atom stereocenters. The van der Waals surface area contributed by atoms with Crippen molar-refractivity contribution in [2.45, 2.75) is 6.54 Å². The van der Waals surface area contributed by atoms with Crippen molar-refractivity contribution in [1.29, 1.82) is 0 Å². The lowest BCUT2D eigenvalue weighted by Crippen LogP contribution is -2.41. The van der Waals surface area contributed by atoms with Crippen LogP contribution in [0.3, 0.4) is 0 Å². The van der Waals surface area contributed by atoms with Crippen molar-refractivity contribution < 1.29 is 8.42 Å². The summed E-state index contributed by atoms with van der Waals surface area (Å²) < 4.78 is 22.8. The summed E-state index contributed by atoms with van der Waals surface area (Å²) in [5, 5.41) is 0.632. The zero-order chi connectivity index (χ0) is 12.5. The largest absolute Gasteiger partial charge is 0.368 e. The number of hydrogen-bond donors (Lipinski definition) is 1. The average molecular weight is 275 g/mol. The van der Waals surface area contributed by atoms with Gasteiger partial charge in [0.05, 0.1) is 22.2 Å². The molecule has 1 heterocycles. The van der Waals surface area contributed by atoms with Crippen LogP contribution in [0.4, 0.5) is 5.69 Å². The molecule has 0 radical (unpaired) electrons. The van der Waals surface area contributed by atoms with Gasteiger partial charge in [-0.3, -0.25) is 0 Å². The van der Waals surface area contributed by atoms with Crippen molar-refractivity contribution in [2.75, 3.05) is 29.5 Å². The number of hydrogen-bond acceptors (Lipinski definition) is 4. The lowest BCUT2D eigenvalue weighted by Gasteiger charge is -2.31. The number of para-hydroxylation sites is 1. The minimum Gasteiger partial charge on any atom is -0.368 e. The van der Waals surface area contributed by atoms with Crippen LogP contribution in [-0.4, -0.2) is 33.0 Å². The summed E-state index contributed by atoms with van der Waals surface area (Å²) in [6.07, 6.45) is 0. The molecule has 0 aliphatic carbocycles. The van der Waals surface area contributed by atoms with Crippen LogP contribution in [-0.2, 0) is 16.4 Å². The Morgan fingerprint density at radius 2 is 1.94 bits per heavy atom.